The average Bonchev–Trinajstić information content (AvgIpc) is 3.67. The first-order chi connectivity index (χ1) is 16.9. The summed E-state index contributed by atoms with van der Waals surface area (Å²) in [7, 11) is 2.09. The molecule has 5 rings (SSSR count). The molecule has 3 heterocycles. The van der Waals surface area contributed by atoms with Gasteiger partial charge in [0, 0.05) is 49.4 Å². The molecule has 3 aromatic rings. The molecule has 1 saturated carbocycles. The molecule has 0 radical (unpaired) electrons. The van der Waals surface area contributed by atoms with Crippen molar-refractivity contribution >= 4 is 39.9 Å². The Morgan fingerprint density at radius 2 is 1.91 bits per heavy atom. The van der Waals surface area contributed by atoms with E-state index in [0.717, 1.165) is 50.4 Å². The monoisotopic (exact) mass is 496 g/mol. The summed E-state index contributed by atoms with van der Waals surface area (Å²) in [6.07, 6.45) is 2.64. The van der Waals surface area contributed by atoms with Crippen molar-refractivity contribution in [1.29, 1.82) is 0 Å². The Hall–Kier alpha value is -3.17. The lowest BCUT2D eigenvalue weighted by atomic mass is 10.1. The Morgan fingerprint density at radius 3 is 2.60 bits per heavy atom. The molecule has 0 atom stereocenters. The summed E-state index contributed by atoms with van der Waals surface area (Å²) in [5, 5.41) is 3.64. The fraction of sp³-hybridized carbons (Fsp3) is 0.440. The van der Waals surface area contributed by atoms with Gasteiger partial charge in [-0.05, 0) is 50.6 Å². The largest absolute Gasteiger partial charge is 0.367 e. The van der Waals surface area contributed by atoms with Crippen molar-refractivity contribution in [2.24, 2.45) is 0 Å². The summed E-state index contributed by atoms with van der Waals surface area (Å²) in [5.41, 5.74) is 1.57. The molecule has 1 aliphatic heterocycles. The highest BCUT2D eigenvalue weighted by Crippen LogP contribution is 2.40. The maximum atomic E-state index is 13.7. The number of pyridine rings is 1. The van der Waals surface area contributed by atoms with Gasteiger partial charge >= 0.3 is 5.69 Å². The maximum absolute atomic E-state index is 13.7. The first-order valence-corrected chi connectivity index (χ1v) is 12.5. The molecule has 0 unspecified atom stereocenters. The number of aromatic amines is 1. The quantitative estimate of drug-likeness (QED) is 0.543. The summed E-state index contributed by atoms with van der Waals surface area (Å²) in [6, 6.07) is 7.16. The number of likely N-dealkylation sites (N-methyl/N-ethyl adjacent to an activating group) is 1. The van der Waals surface area contributed by atoms with E-state index < -0.39 is 17.2 Å². The highest BCUT2D eigenvalue weighted by molar-refractivity contribution is 6.31. The number of amides is 1. The Morgan fingerprint density at radius 1 is 1.17 bits per heavy atom. The Kier molecular flexibility index (Phi) is 6.37. The number of rotatable bonds is 6. The lowest BCUT2D eigenvalue weighted by Crippen LogP contribution is -2.44. The predicted octanol–water partition coefficient (Wildman–Crippen LogP) is 3.03. The van der Waals surface area contributed by atoms with Crippen LogP contribution >= 0.6 is 11.6 Å². The number of hydrogen-bond donors (Lipinski definition) is 2. The van der Waals surface area contributed by atoms with Gasteiger partial charge in [-0.25, -0.2) is 9.78 Å². The Labute approximate surface area is 207 Å². The first kappa shape index (κ1) is 23.6. The molecule has 1 saturated heterocycles. The van der Waals surface area contributed by atoms with E-state index in [9.17, 15) is 14.4 Å². The maximum Gasteiger partial charge on any atom is 0.329 e. The molecule has 184 valence electrons. The fourth-order valence-corrected chi connectivity index (χ4v) is 4.79. The number of carbonyl (C=O) groups is 1. The van der Waals surface area contributed by atoms with E-state index in [4.69, 9.17) is 11.6 Å². The van der Waals surface area contributed by atoms with Gasteiger partial charge in [-0.3, -0.25) is 19.1 Å². The first-order valence-electron chi connectivity index (χ1n) is 12.1. The van der Waals surface area contributed by atoms with Crippen molar-refractivity contribution in [3.05, 3.63) is 61.4 Å². The van der Waals surface area contributed by atoms with Crippen LogP contribution in [0.1, 0.15) is 48.2 Å². The van der Waals surface area contributed by atoms with Crippen molar-refractivity contribution in [2.45, 2.75) is 38.6 Å². The van der Waals surface area contributed by atoms with Crippen LogP contribution in [0.2, 0.25) is 5.02 Å². The van der Waals surface area contributed by atoms with E-state index in [1.165, 1.54) is 4.57 Å². The van der Waals surface area contributed by atoms with Crippen LogP contribution in [0.25, 0.3) is 11.0 Å². The topological polar surface area (TPSA) is 103 Å². The fourth-order valence-electron chi connectivity index (χ4n) is 4.61. The predicted molar refractivity (Wildman–Crippen MR) is 138 cm³/mol. The molecular weight excluding hydrogens is 468 g/mol. The lowest BCUT2D eigenvalue weighted by Gasteiger charge is -2.35. The standard InChI is InChI=1S/C25H29ClN6O3/c1-3-8-32-22-21(24(34)29-25(32)35)17(14-18(27-22)15-4-5-15)23(33)28-19-13-16(26)6-7-20(19)31-11-9-30(2)10-12-31/h6-7,13-15H,3-5,8-12H2,1-2H3,(H,28,33)(H,29,34,35). The normalized spacial score (nSPS) is 16.6. The highest BCUT2D eigenvalue weighted by atomic mass is 35.5. The number of fused-ring (bicyclic) bond motifs is 1. The van der Waals surface area contributed by atoms with Crippen LogP contribution in [0.15, 0.2) is 33.9 Å². The van der Waals surface area contributed by atoms with E-state index in [0.29, 0.717) is 23.7 Å². The second-order valence-electron chi connectivity index (χ2n) is 9.38. The van der Waals surface area contributed by atoms with Crippen LogP contribution in [-0.2, 0) is 6.54 Å². The van der Waals surface area contributed by atoms with Gasteiger partial charge < -0.3 is 15.1 Å². The third kappa shape index (κ3) is 4.70. The summed E-state index contributed by atoms with van der Waals surface area (Å²) in [4.78, 5) is 50.6. The van der Waals surface area contributed by atoms with E-state index in [2.05, 4.69) is 32.1 Å². The minimum atomic E-state index is -0.609. The third-order valence-electron chi connectivity index (χ3n) is 6.71. The summed E-state index contributed by atoms with van der Waals surface area (Å²) in [6.45, 7) is 5.83. The number of halogens is 1. The van der Waals surface area contributed by atoms with Crippen LogP contribution in [-0.4, -0.2) is 58.6 Å². The van der Waals surface area contributed by atoms with Crippen molar-refractivity contribution < 1.29 is 4.79 Å². The van der Waals surface area contributed by atoms with Crippen molar-refractivity contribution in [3.8, 4) is 0 Å². The summed E-state index contributed by atoms with van der Waals surface area (Å²) >= 11 is 6.30. The van der Waals surface area contributed by atoms with Gasteiger partial charge in [-0.2, -0.15) is 0 Å². The highest BCUT2D eigenvalue weighted by Gasteiger charge is 2.29. The van der Waals surface area contributed by atoms with Crippen LogP contribution in [0.4, 0.5) is 11.4 Å². The van der Waals surface area contributed by atoms with Gasteiger partial charge in [0.2, 0.25) is 0 Å². The van der Waals surface area contributed by atoms with E-state index in [1.54, 1.807) is 12.1 Å². The molecule has 2 aliphatic rings. The number of nitrogens with one attached hydrogen (secondary N) is 2. The molecule has 1 aliphatic carbocycles. The molecule has 0 spiro atoms. The van der Waals surface area contributed by atoms with Crippen LogP contribution in [0, 0.1) is 0 Å². The minimum absolute atomic E-state index is 0.128. The van der Waals surface area contributed by atoms with Gasteiger partial charge in [-0.1, -0.05) is 18.5 Å². The van der Waals surface area contributed by atoms with Gasteiger partial charge in [0.15, 0.2) is 5.65 Å². The number of benzene rings is 1. The van der Waals surface area contributed by atoms with Crippen LogP contribution in [0.3, 0.4) is 0 Å². The molecule has 0 bridgehead atoms. The zero-order valence-electron chi connectivity index (χ0n) is 19.9. The molecular formula is C25H29ClN6O3. The number of piperazine rings is 1. The van der Waals surface area contributed by atoms with E-state index >= 15 is 0 Å². The zero-order valence-corrected chi connectivity index (χ0v) is 20.7. The van der Waals surface area contributed by atoms with Gasteiger partial charge in [0.05, 0.1) is 22.3 Å². The summed E-state index contributed by atoms with van der Waals surface area (Å²) < 4.78 is 1.45. The average molecular weight is 497 g/mol. The molecule has 2 aromatic heterocycles. The molecule has 10 heteroatoms. The number of aryl methyl sites for hydroxylation is 1. The van der Waals surface area contributed by atoms with Crippen LogP contribution in [0.5, 0.6) is 0 Å². The summed E-state index contributed by atoms with van der Waals surface area (Å²) in [5.74, 6) is -0.188. The van der Waals surface area contributed by atoms with Crippen molar-refractivity contribution in [3.63, 3.8) is 0 Å². The zero-order chi connectivity index (χ0) is 24.7. The number of hydrogen-bond acceptors (Lipinski definition) is 6. The number of anilines is 2. The molecule has 1 amide bonds. The Bertz CT molecular complexity index is 1400. The van der Waals surface area contributed by atoms with Gasteiger partial charge in [0.25, 0.3) is 11.5 Å². The number of carbonyl (C=O) groups excluding carboxylic acids is 1. The lowest BCUT2D eigenvalue weighted by molar-refractivity contribution is 0.102. The molecule has 1 aromatic carbocycles. The second-order valence-corrected chi connectivity index (χ2v) is 9.82. The van der Waals surface area contributed by atoms with Crippen molar-refractivity contribution in [1.82, 2.24) is 19.4 Å². The van der Waals surface area contributed by atoms with Crippen LogP contribution < -0.4 is 21.5 Å². The van der Waals surface area contributed by atoms with Crippen molar-refractivity contribution in [2.75, 3.05) is 43.4 Å². The molecule has 2 fully saturated rings. The van der Waals surface area contributed by atoms with Gasteiger partial charge in [0.1, 0.15) is 0 Å². The van der Waals surface area contributed by atoms with E-state index in [-0.39, 0.29) is 22.5 Å². The number of nitrogens with zero attached hydrogens (tertiary/aromatic N) is 4. The van der Waals surface area contributed by atoms with Gasteiger partial charge in [-0.15, -0.1) is 0 Å². The molecule has 2 N–H and O–H groups in total. The van der Waals surface area contributed by atoms with E-state index in [1.807, 2.05) is 19.1 Å². The third-order valence-corrected chi connectivity index (χ3v) is 6.94. The minimum Gasteiger partial charge on any atom is -0.367 e. The number of aromatic nitrogens is 3. The smallest absolute Gasteiger partial charge is 0.329 e. The second kappa shape index (κ2) is 9.47. The SMILES string of the molecule is CCCn1c(=O)[nH]c(=O)c2c(C(=O)Nc3cc(Cl)ccc3N3CCN(C)CC3)cc(C3CC3)nc21. The molecule has 9 nitrogen and oxygen atoms in total. The number of H-pyrrole nitrogens is 1. The Balaban J connectivity index is 1.60. The molecule has 35 heavy (non-hydrogen) atoms.